The van der Waals surface area contributed by atoms with E-state index in [0.29, 0.717) is 12.0 Å². The van der Waals surface area contributed by atoms with E-state index in [0.717, 1.165) is 10.9 Å². The van der Waals surface area contributed by atoms with Crippen LogP contribution in [0, 0.1) is 0 Å². The minimum atomic E-state index is -1.07. The molecular formula is C12H11NO4. The first-order chi connectivity index (χ1) is 8.22. The number of carbonyl (C=O) groups excluding carboxylic acids is 1. The number of fused-ring (bicyclic) bond motifs is 1. The van der Waals surface area contributed by atoms with Gasteiger partial charge in [-0.15, -0.1) is 0 Å². The van der Waals surface area contributed by atoms with Gasteiger partial charge in [0.1, 0.15) is 11.6 Å². The quantitative estimate of drug-likeness (QED) is 0.760. The minimum Gasteiger partial charge on any atom is -0.480 e. The molecule has 1 unspecified atom stereocenters. The molecule has 0 saturated heterocycles. The van der Waals surface area contributed by atoms with Crippen molar-refractivity contribution in [3.05, 3.63) is 36.1 Å². The van der Waals surface area contributed by atoms with Crippen LogP contribution in [0.4, 0.5) is 0 Å². The SMILES string of the molecule is O=CNC(Cc1coc2ccccc12)C(=O)O. The maximum absolute atomic E-state index is 10.9. The Kier molecular flexibility index (Phi) is 3.09. The summed E-state index contributed by atoms with van der Waals surface area (Å²) >= 11 is 0. The van der Waals surface area contributed by atoms with Crippen molar-refractivity contribution in [2.45, 2.75) is 12.5 Å². The van der Waals surface area contributed by atoms with Crippen LogP contribution in [0.1, 0.15) is 5.56 Å². The molecule has 5 heteroatoms. The van der Waals surface area contributed by atoms with Crippen LogP contribution >= 0.6 is 0 Å². The molecule has 0 aliphatic heterocycles. The normalized spacial score (nSPS) is 12.2. The number of carboxylic acid groups (broad SMARTS) is 1. The molecule has 0 fully saturated rings. The van der Waals surface area contributed by atoms with Crippen molar-refractivity contribution in [3.63, 3.8) is 0 Å². The lowest BCUT2D eigenvalue weighted by atomic mass is 10.1. The summed E-state index contributed by atoms with van der Waals surface area (Å²) in [5, 5.41) is 12.1. The van der Waals surface area contributed by atoms with Gasteiger partial charge in [0.25, 0.3) is 0 Å². The molecule has 0 spiro atoms. The van der Waals surface area contributed by atoms with E-state index in [1.165, 1.54) is 6.26 Å². The first-order valence-electron chi connectivity index (χ1n) is 5.10. The van der Waals surface area contributed by atoms with Gasteiger partial charge in [-0.25, -0.2) is 4.79 Å². The summed E-state index contributed by atoms with van der Waals surface area (Å²) in [6, 6.07) is 6.42. The maximum Gasteiger partial charge on any atom is 0.326 e. The number of hydrogen-bond acceptors (Lipinski definition) is 3. The average molecular weight is 233 g/mol. The lowest BCUT2D eigenvalue weighted by Crippen LogP contribution is -2.37. The number of aliphatic carboxylic acids is 1. The van der Waals surface area contributed by atoms with E-state index in [-0.39, 0.29) is 6.42 Å². The maximum atomic E-state index is 10.9. The third-order valence-corrected chi connectivity index (χ3v) is 2.55. The summed E-state index contributed by atoms with van der Waals surface area (Å²) in [7, 11) is 0. The van der Waals surface area contributed by atoms with Crippen molar-refractivity contribution in [1.29, 1.82) is 0 Å². The Morgan fingerprint density at radius 1 is 1.47 bits per heavy atom. The molecular weight excluding hydrogens is 222 g/mol. The second-order valence-electron chi connectivity index (χ2n) is 3.64. The lowest BCUT2D eigenvalue weighted by molar-refractivity contribution is -0.140. The molecule has 2 rings (SSSR count). The largest absolute Gasteiger partial charge is 0.480 e. The third-order valence-electron chi connectivity index (χ3n) is 2.55. The zero-order valence-corrected chi connectivity index (χ0v) is 8.92. The number of amides is 1. The predicted molar refractivity (Wildman–Crippen MR) is 60.5 cm³/mol. The summed E-state index contributed by atoms with van der Waals surface area (Å²) in [5.74, 6) is -1.07. The Hall–Kier alpha value is -2.30. The van der Waals surface area contributed by atoms with E-state index in [1.807, 2.05) is 24.3 Å². The number of benzene rings is 1. The number of nitrogens with one attached hydrogen (secondary N) is 1. The fourth-order valence-corrected chi connectivity index (χ4v) is 1.71. The smallest absolute Gasteiger partial charge is 0.326 e. The molecule has 88 valence electrons. The molecule has 0 aliphatic rings. The van der Waals surface area contributed by atoms with Gasteiger partial charge in [0.2, 0.25) is 6.41 Å². The predicted octanol–water partition coefficient (Wildman–Crippen LogP) is 1.17. The second-order valence-corrected chi connectivity index (χ2v) is 3.64. The summed E-state index contributed by atoms with van der Waals surface area (Å²) in [6.07, 6.45) is 2.11. The zero-order valence-electron chi connectivity index (χ0n) is 8.92. The lowest BCUT2D eigenvalue weighted by Gasteiger charge is -2.09. The Morgan fingerprint density at radius 2 is 2.24 bits per heavy atom. The summed E-state index contributed by atoms with van der Waals surface area (Å²) in [4.78, 5) is 21.2. The fourth-order valence-electron chi connectivity index (χ4n) is 1.71. The number of para-hydroxylation sites is 1. The molecule has 1 aromatic carbocycles. The van der Waals surface area contributed by atoms with Gasteiger partial charge < -0.3 is 14.8 Å². The summed E-state index contributed by atoms with van der Waals surface area (Å²) in [6.45, 7) is 0. The highest BCUT2D eigenvalue weighted by molar-refractivity contribution is 5.83. The number of carbonyl (C=O) groups is 2. The highest BCUT2D eigenvalue weighted by Gasteiger charge is 2.19. The summed E-state index contributed by atoms with van der Waals surface area (Å²) in [5.41, 5.74) is 1.47. The Morgan fingerprint density at radius 3 is 2.94 bits per heavy atom. The molecule has 0 radical (unpaired) electrons. The van der Waals surface area contributed by atoms with E-state index in [1.54, 1.807) is 0 Å². The van der Waals surface area contributed by atoms with Crippen LogP contribution in [0.2, 0.25) is 0 Å². The molecule has 1 aromatic heterocycles. The Bertz CT molecular complexity index is 546. The topological polar surface area (TPSA) is 79.5 Å². The van der Waals surface area contributed by atoms with Crippen molar-refractivity contribution < 1.29 is 19.1 Å². The van der Waals surface area contributed by atoms with Crippen LogP contribution in [0.25, 0.3) is 11.0 Å². The van der Waals surface area contributed by atoms with E-state index < -0.39 is 12.0 Å². The van der Waals surface area contributed by atoms with Gasteiger partial charge >= 0.3 is 5.97 Å². The molecule has 17 heavy (non-hydrogen) atoms. The molecule has 2 N–H and O–H groups in total. The van der Waals surface area contributed by atoms with Crippen LogP contribution in [0.3, 0.4) is 0 Å². The first-order valence-corrected chi connectivity index (χ1v) is 5.10. The molecule has 0 saturated carbocycles. The highest BCUT2D eigenvalue weighted by atomic mass is 16.4. The van der Waals surface area contributed by atoms with Gasteiger partial charge in [0, 0.05) is 17.4 Å². The number of rotatable bonds is 5. The van der Waals surface area contributed by atoms with Gasteiger partial charge in [-0.3, -0.25) is 4.79 Å². The van der Waals surface area contributed by atoms with E-state index in [2.05, 4.69) is 5.32 Å². The first kappa shape index (κ1) is 11.2. The van der Waals surface area contributed by atoms with Gasteiger partial charge in [0.05, 0.1) is 6.26 Å². The number of carboxylic acids is 1. The summed E-state index contributed by atoms with van der Waals surface area (Å²) < 4.78 is 5.30. The molecule has 0 aliphatic carbocycles. The van der Waals surface area contributed by atoms with Crippen LogP contribution < -0.4 is 5.32 Å². The van der Waals surface area contributed by atoms with Crippen molar-refractivity contribution in [2.24, 2.45) is 0 Å². The Balaban J connectivity index is 2.28. The standard InChI is InChI=1S/C12H11NO4/c14-7-13-10(12(15)16)5-8-6-17-11-4-2-1-3-9(8)11/h1-4,6-7,10H,5H2,(H,13,14)(H,15,16). The van der Waals surface area contributed by atoms with Gasteiger partial charge in [-0.05, 0) is 6.07 Å². The van der Waals surface area contributed by atoms with Crippen LogP contribution in [0.15, 0.2) is 34.9 Å². The number of furan rings is 1. The van der Waals surface area contributed by atoms with Crippen LogP contribution in [-0.4, -0.2) is 23.5 Å². The highest BCUT2D eigenvalue weighted by Crippen LogP contribution is 2.21. The van der Waals surface area contributed by atoms with E-state index in [4.69, 9.17) is 9.52 Å². The zero-order chi connectivity index (χ0) is 12.3. The number of hydrogen-bond donors (Lipinski definition) is 2. The molecule has 1 heterocycles. The van der Waals surface area contributed by atoms with Crippen molar-refractivity contribution in [3.8, 4) is 0 Å². The molecule has 1 amide bonds. The molecule has 0 bridgehead atoms. The molecule has 1 atom stereocenters. The minimum absolute atomic E-state index is 0.199. The van der Waals surface area contributed by atoms with Gasteiger partial charge in [-0.2, -0.15) is 0 Å². The van der Waals surface area contributed by atoms with Crippen molar-refractivity contribution >= 4 is 23.3 Å². The third kappa shape index (κ3) is 2.28. The van der Waals surface area contributed by atoms with Gasteiger partial charge in [-0.1, -0.05) is 18.2 Å². The van der Waals surface area contributed by atoms with Gasteiger partial charge in [0.15, 0.2) is 0 Å². The molecule has 2 aromatic rings. The second kappa shape index (κ2) is 4.69. The molecule has 5 nitrogen and oxygen atoms in total. The Labute approximate surface area is 97.0 Å². The average Bonchev–Trinajstić information content (AvgIpc) is 2.72. The van der Waals surface area contributed by atoms with Crippen molar-refractivity contribution in [1.82, 2.24) is 5.32 Å². The van der Waals surface area contributed by atoms with Crippen LogP contribution in [0.5, 0.6) is 0 Å². The van der Waals surface area contributed by atoms with Crippen LogP contribution in [-0.2, 0) is 16.0 Å². The van der Waals surface area contributed by atoms with E-state index >= 15 is 0 Å². The van der Waals surface area contributed by atoms with E-state index in [9.17, 15) is 9.59 Å². The fraction of sp³-hybridized carbons (Fsp3) is 0.167. The van der Waals surface area contributed by atoms with Crippen molar-refractivity contribution in [2.75, 3.05) is 0 Å². The monoisotopic (exact) mass is 233 g/mol.